The van der Waals surface area contributed by atoms with E-state index in [1.807, 2.05) is 34.6 Å². The molecule has 0 aromatic heterocycles. The summed E-state index contributed by atoms with van der Waals surface area (Å²) in [5.74, 6) is -1.87. The van der Waals surface area contributed by atoms with Gasteiger partial charge >= 0.3 is 11.9 Å². The highest BCUT2D eigenvalue weighted by molar-refractivity contribution is 5.85. The highest BCUT2D eigenvalue weighted by Gasteiger charge is 2.12. The summed E-state index contributed by atoms with van der Waals surface area (Å²) in [7, 11) is 0. The number of ether oxygens (including phenoxy) is 5. The molecule has 11 heteroatoms. The SMILES string of the molecule is C=C(C)C(=O)O.C=C(C)C(=O)O.CC(O)COC(C)COC(C)COC(C)COC(C)COC(C)CO. The Hall–Kier alpha value is -1.86. The first-order valence-electron chi connectivity index (χ1n) is 12.2. The van der Waals surface area contributed by atoms with E-state index in [1.54, 1.807) is 6.92 Å². The lowest BCUT2D eigenvalue weighted by Crippen LogP contribution is -2.29. The quantitative estimate of drug-likeness (QED) is 0.190. The zero-order valence-electron chi connectivity index (χ0n) is 23.8. The normalized spacial score (nSPS) is 15.4. The summed E-state index contributed by atoms with van der Waals surface area (Å²) in [5, 5.41) is 33.9. The van der Waals surface area contributed by atoms with Crippen molar-refractivity contribution in [2.75, 3.05) is 39.6 Å². The standard InChI is InChI=1S/C18H38O7.2C4H6O2/c1-13(20)8-21-15(3)10-23-17(5)12-25-18(6)11-24-16(4)9-22-14(2)7-19;2*1-3(2)4(5)6/h13-20H,7-12H2,1-6H3;2*1H2,2H3,(H,5,6). The highest BCUT2D eigenvalue weighted by Crippen LogP contribution is 2.03. The molecule has 0 aliphatic heterocycles. The number of rotatable bonds is 18. The maximum atomic E-state index is 9.60. The van der Waals surface area contributed by atoms with Crippen molar-refractivity contribution >= 4 is 11.9 Å². The van der Waals surface area contributed by atoms with Crippen LogP contribution in [0.4, 0.5) is 0 Å². The molecule has 6 unspecified atom stereocenters. The molecule has 0 aromatic rings. The van der Waals surface area contributed by atoms with E-state index in [4.69, 9.17) is 39.0 Å². The molecule has 0 saturated heterocycles. The highest BCUT2D eigenvalue weighted by atomic mass is 16.6. The van der Waals surface area contributed by atoms with Gasteiger partial charge in [0.05, 0.1) is 76.3 Å². The monoisotopic (exact) mass is 538 g/mol. The van der Waals surface area contributed by atoms with Gasteiger partial charge in [0.1, 0.15) is 0 Å². The molecular weight excluding hydrogens is 488 g/mol. The molecule has 0 bridgehead atoms. The van der Waals surface area contributed by atoms with Gasteiger partial charge in [-0.25, -0.2) is 9.59 Å². The molecule has 0 spiro atoms. The van der Waals surface area contributed by atoms with Gasteiger partial charge in [-0.2, -0.15) is 0 Å². The zero-order chi connectivity index (χ0) is 29.6. The fourth-order valence-corrected chi connectivity index (χ4v) is 1.75. The van der Waals surface area contributed by atoms with Crippen LogP contribution in [0.5, 0.6) is 0 Å². The smallest absolute Gasteiger partial charge is 0.330 e. The van der Waals surface area contributed by atoms with E-state index < -0.39 is 18.0 Å². The van der Waals surface area contributed by atoms with Crippen LogP contribution < -0.4 is 0 Å². The van der Waals surface area contributed by atoms with Gasteiger partial charge in [0, 0.05) is 11.1 Å². The van der Waals surface area contributed by atoms with Crippen molar-refractivity contribution in [2.45, 2.75) is 92.0 Å². The second kappa shape index (κ2) is 24.5. The van der Waals surface area contributed by atoms with E-state index in [2.05, 4.69) is 13.2 Å². The van der Waals surface area contributed by atoms with Crippen molar-refractivity contribution in [2.24, 2.45) is 0 Å². The fraction of sp³-hybridized carbons (Fsp3) is 0.769. The van der Waals surface area contributed by atoms with Crippen LogP contribution in [0.2, 0.25) is 0 Å². The Kier molecular flexibility index (Phi) is 26.2. The van der Waals surface area contributed by atoms with Crippen LogP contribution >= 0.6 is 0 Å². The maximum absolute atomic E-state index is 9.60. The van der Waals surface area contributed by atoms with Crippen molar-refractivity contribution in [1.82, 2.24) is 0 Å². The minimum absolute atomic E-state index is 0.00675. The molecule has 0 aliphatic rings. The summed E-state index contributed by atoms with van der Waals surface area (Å²) >= 11 is 0. The lowest BCUT2D eigenvalue weighted by Gasteiger charge is -2.22. The molecule has 0 aliphatic carbocycles. The second-order valence-corrected chi connectivity index (χ2v) is 8.92. The summed E-state index contributed by atoms with van der Waals surface area (Å²) < 4.78 is 27.9. The molecule has 0 fully saturated rings. The predicted molar refractivity (Wildman–Crippen MR) is 141 cm³/mol. The van der Waals surface area contributed by atoms with Crippen LogP contribution in [-0.2, 0) is 33.3 Å². The third-order valence-electron chi connectivity index (χ3n) is 4.07. The number of carboxylic acids is 2. The number of aliphatic hydroxyl groups is 2. The Balaban J connectivity index is -0.000000790. The summed E-state index contributed by atoms with van der Waals surface area (Å²) in [6.45, 7) is 22.6. The Bertz CT molecular complexity index is 574. The summed E-state index contributed by atoms with van der Waals surface area (Å²) in [5.41, 5.74) is 0.352. The molecule has 0 amide bonds. The van der Waals surface area contributed by atoms with E-state index in [-0.39, 0.29) is 48.3 Å². The van der Waals surface area contributed by atoms with E-state index in [0.29, 0.717) is 33.0 Å². The lowest BCUT2D eigenvalue weighted by atomic mass is 10.3. The topological polar surface area (TPSA) is 161 Å². The number of hydrogen-bond acceptors (Lipinski definition) is 9. The average Bonchev–Trinajstić information content (AvgIpc) is 2.82. The minimum Gasteiger partial charge on any atom is -0.478 e. The molecule has 37 heavy (non-hydrogen) atoms. The number of aliphatic hydroxyl groups excluding tert-OH is 2. The molecule has 6 atom stereocenters. The van der Waals surface area contributed by atoms with Crippen LogP contribution in [0.15, 0.2) is 24.3 Å². The Morgan fingerprint density at radius 1 is 0.595 bits per heavy atom. The average molecular weight is 539 g/mol. The van der Waals surface area contributed by atoms with Crippen LogP contribution in [0.3, 0.4) is 0 Å². The van der Waals surface area contributed by atoms with Crippen LogP contribution in [0.25, 0.3) is 0 Å². The molecule has 0 saturated carbocycles. The molecule has 0 aromatic carbocycles. The lowest BCUT2D eigenvalue weighted by molar-refractivity contribution is -0.133. The third-order valence-corrected chi connectivity index (χ3v) is 4.07. The van der Waals surface area contributed by atoms with Gasteiger partial charge in [0.25, 0.3) is 0 Å². The number of aliphatic carboxylic acids is 2. The summed E-state index contributed by atoms with van der Waals surface area (Å²) in [6.07, 6.45) is -0.868. The second-order valence-electron chi connectivity index (χ2n) is 8.92. The van der Waals surface area contributed by atoms with Crippen molar-refractivity contribution in [3.63, 3.8) is 0 Å². The maximum Gasteiger partial charge on any atom is 0.330 e. The first-order chi connectivity index (χ1) is 17.0. The van der Waals surface area contributed by atoms with Crippen LogP contribution in [0, 0.1) is 0 Å². The first kappa shape index (κ1) is 39.6. The molecule has 0 rings (SSSR count). The minimum atomic E-state index is -0.935. The van der Waals surface area contributed by atoms with Crippen molar-refractivity contribution in [1.29, 1.82) is 0 Å². The molecule has 220 valence electrons. The molecule has 0 heterocycles. The molecule has 11 nitrogen and oxygen atoms in total. The first-order valence-corrected chi connectivity index (χ1v) is 12.2. The van der Waals surface area contributed by atoms with Gasteiger partial charge < -0.3 is 44.1 Å². The van der Waals surface area contributed by atoms with Gasteiger partial charge in [-0.05, 0) is 55.4 Å². The van der Waals surface area contributed by atoms with Gasteiger partial charge in [0.2, 0.25) is 0 Å². The van der Waals surface area contributed by atoms with Crippen LogP contribution in [-0.4, -0.2) is 109 Å². The third kappa shape index (κ3) is 32.1. The van der Waals surface area contributed by atoms with Crippen molar-refractivity contribution < 1.29 is 53.7 Å². The zero-order valence-corrected chi connectivity index (χ0v) is 23.8. The summed E-state index contributed by atoms with van der Waals surface area (Å²) in [4.78, 5) is 19.2. The van der Waals surface area contributed by atoms with Gasteiger partial charge in [-0.1, -0.05) is 13.2 Å². The van der Waals surface area contributed by atoms with E-state index >= 15 is 0 Å². The Morgan fingerprint density at radius 2 is 0.811 bits per heavy atom. The van der Waals surface area contributed by atoms with Gasteiger partial charge in [-0.15, -0.1) is 0 Å². The van der Waals surface area contributed by atoms with Gasteiger partial charge in [0.15, 0.2) is 0 Å². The van der Waals surface area contributed by atoms with E-state index in [1.165, 1.54) is 13.8 Å². The Morgan fingerprint density at radius 3 is 1.00 bits per heavy atom. The number of carboxylic acid groups (broad SMARTS) is 2. The predicted octanol–water partition coefficient (Wildman–Crippen LogP) is 2.68. The van der Waals surface area contributed by atoms with Gasteiger partial charge in [-0.3, -0.25) is 0 Å². The molecular formula is C26H50O11. The summed E-state index contributed by atoms with van der Waals surface area (Å²) in [6, 6.07) is 0. The van der Waals surface area contributed by atoms with Crippen molar-refractivity contribution in [3.05, 3.63) is 24.3 Å². The molecule has 0 radical (unpaired) electrons. The van der Waals surface area contributed by atoms with E-state index in [9.17, 15) is 14.7 Å². The molecule has 4 N–H and O–H groups in total. The van der Waals surface area contributed by atoms with E-state index in [0.717, 1.165) is 0 Å². The Labute approximate surface area is 222 Å². The fourth-order valence-electron chi connectivity index (χ4n) is 1.75. The number of hydrogen-bond donors (Lipinski definition) is 4. The number of carbonyl (C=O) groups is 2. The van der Waals surface area contributed by atoms with Crippen LogP contribution in [0.1, 0.15) is 55.4 Å². The van der Waals surface area contributed by atoms with Crippen molar-refractivity contribution in [3.8, 4) is 0 Å². The largest absolute Gasteiger partial charge is 0.478 e.